The van der Waals surface area contributed by atoms with Gasteiger partial charge in [0.2, 0.25) is 0 Å². The van der Waals surface area contributed by atoms with Crippen LogP contribution < -0.4 is 4.90 Å². The van der Waals surface area contributed by atoms with Crippen molar-refractivity contribution >= 4 is 21.6 Å². The fourth-order valence-electron chi connectivity index (χ4n) is 3.36. The smallest absolute Gasteiger partial charge is 0.272 e. The number of likely N-dealkylation sites (tertiary alicyclic amines) is 1. The van der Waals surface area contributed by atoms with Crippen LogP contribution in [-0.4, -0.2) is 66.9 Å². The van der Waals surface area contributed by atoms with Gasteiger partial charge in [0.1, 0.15) is 17.8 Å². The molecule has 3 rings (SSSR count). The van der Waals surface area contributed by atoms with Gasteiger partial charge in [-0.15, -0.1) is 0 Å². The van der Waals surface area contributed by atoms with Crippen LogP contribution in [0.1, 0.15) is 42.6 Å². The molecule has 1 aromatic rings. The molecule has 8 heteroatoms. The molecule has 24 heavy (non-hydrogen) atoms. The Labute approximate surface area is 143 Å². The van der Waals surface area contributed by atoms with Gasteiger partial charge in [-0.1, -0.05) is 12.8 Å². The Balaban J connectivity index is 1.75. The molecule has 0 aromatic carbocycles. The lowest BCUT2D eigenvalue weighted by molar-refractivity contribution is 0.0755. The Hall–Kier alpha value is -1.70. The van der Waals surface area contributed by atoms with E-state index in [0.29, 0.717) is 17.9 Å². The van der Waals surface area contributed by atoms with Crippen LogP contribution in [0.3, 0.4) is 0 Å². The minimum atomic E-state index is -2.96. The first-order valence-electron chi connectivity index (χ1n) is 8.51. The highest BCUT2D eigenvalue weighted by Gasteiger charge is 2.31. The number of carbonyl (C=O) groups excluding carboxylic acids is 1. The van der Waals surface area contributed by atoms with Crippen molar-refractivity contribution in [3.8, 4) is 0 Å². The number of carbonyl (C=O) groups is 1. The molecular weight excluding hydrogens is 328 g/mol. The van der Waals surface area contributed by atoms with Crippen molar-refractivity contribution in [2.75, 3.05) is 36.5 Å². The normalized spacial score (nSPS) is 23.7. The van der Waals surface area contributed by atoms with E-state index in [-0.39, 0.29) is 23.5 Å². The van der Waals surface area contributed by atoms with Gasteiger partial charge in [0.15, 0.2) is 9.84 Å². The molecule has 0 radical (unpaired) electrons. The zero-order chi connectivity index (χ0) is 17.2. The van der Waals surface area contributed by atoms with Crippen LogP contribution in [0.4, 0.5) is 5.82 Å². The first-order valence-corrected chi connectivity index (χ1v) is 10.3. The first kappa shape index (κ1) is 17.1. The molecule has 0 saturated carbocycles. The van der Waals surface area contributed by atoms with Crippen LogP contribution >= 0.6 is 0 Å². The fraction of sp³-hybridized carbons (Fsp3) is 0.688. The van der Waals surface area contributed by atoms with Crippen molar-refractivity contribution in [2.24, 2.45) is 0 Å². The fourth-order valence-corrected chi connectivity index (χ4v) is 5.13. The number of amides is 1. The van der Waals surface area contributed by atoms with Crippen LogP contribution in [0.5, 0.6) is 0 Å². The average molecular weight is 352 g/mol. The Morgan fingerprint density at radius 2 is 1.92 bits per heavy atom. The van der Waals surface area contributed by atoms with Crippen molar-refractivity contribution in [3.05, 3.63) is 18.1 Å². The van der Waals surface area contributed by atoms with Gasteiger partial charge in [0.25, 0.3) is 5.91 Å². The second-order valence-corrected chi connectivity index (χ2v) is 8.86. The minimum absolute atomic E-state index is 0.0620. The van der Waals surface area contributed by atoms with Gasteiger partial charge >= 0.3 is 0 Å². The van der Waals surface area contributed by atoms with E-state index in [1.54, 1.807) is 6.07 Å². The number of nitrogens with zero attached hydrogens (tertiary/aromatic N) is 4. The average Bonchev–Trinajstić information content (AvgIpc) is 2.79. The molecule has 2 aliphatic rings. The van der Waals surface area contributed by atoms with Crippen LogP contribution in [0.25, 0.3) is 0 Å². The second-order valence-electron chi connectivity index (χ2n) is 6.64. The summed E-state index contributed by atoms with van der Waals surface area (Å²) in [7, 11) is -1.13. The van der Waals surface area contributed by atoms with Crippen molar-refractivity contribution in [2.45, 2.75) is 38.1 Å². The molecule has 0 N–H and O–H groups in total. The summed E-state index contributed by atoms with van der Waals surface area (Å²) in [6, 6.07) is 1.59. The molecule has 0 bridgehead atoms. The summed E-state index contributed by atoms with van der Waals surface area (Å²) in [5, 5.41) is 0. The molecule has 2 saturated heterocycles. The van der Waals surface area contributed by atoms with Crippen molar-refractivity contribution in [1.82, 2.24) is 14.9 Å². The van der Waals surface area contributed by atoms with Crippen LogP contribution in [-0.2, 0) is 9.84 Å². The van der Waals surface area contributed by atoms with Crippen LogP contribution in [0, 0.1) is 0 Å². The number of anilines is 1. The third-order valence-electron chi connectivity index (χ3n) is 4.88. The zero-order valence-corrected chi connectivity index (χ0v) is 14.8. The van der Waals surface area contributed by atoms with Gasteiger partial charge in [0.05, 0.1) is 11.5 Å². The van der Waals surface area contributed by atoms with Gasteiger partial charge in [-0.3, -0.25) is 4.79 Å². The van der Waals surface area contributed by atoms with Crippen molar-refractivity contribution in [3.63, 3.8) is 0 Å². The van der Waals surface area contributed by atoms with Crippen LogP contribution in [0.15, 0.2) is 12.4 Å². The number of aromatic nitrogens is 2. The monoisotopic (exact) mass is 352 g/mol. The molecule has 1 aromatic heterocycles. The maximum Gasteiger partial charge on any atom is 0.272 e. The Morgan fingerprint density at radius 1 is 1.21 bits per heavy atom. The summed E-state index contributed by atoms with van der Waals surface area (Å²) in [5.74, 6) is 0.897. The molecule has 2 fully saturated rings. The lowest BCUT2D eigenvalue weighted by Crippen LogP contribution is -2.35. The highest BCUT2D eigenvalue weighted by Crippen LogP contribution is 2.22. The molecule has 2 aliphatic heterocycles. The van der Waals surface area contributed by atoms with Gasteiger partial charge in [-0.2, -0.15) is 0 Å². The molecular formula is C16H24N4O3S. The molecule has 1 unspecified atom stereocenters. The summed E-state index contributed by atoms with van der Waals surface area (Å²) in [6.45, 7) is 1.55. The Morgan fingerprint density at radius 3 is 2.54 bits per heavy atom. The first-order chi connectivity index (χ1) is 11.5. The van der Waals surface area contributed by atoms with E-state index in [4.69, 9.17) is 0 Å². The third-order valence-corrected chi connectivity index (χ3v) is 6.63. The molecule has 132 valence electrons. The summed E-state index contributed by atoms with van der Waals surface area (Å²) in [6.07, 6.45) is 6.38. The van der Waals surface area contributed by atoms with E-state index >= 15 is 0 Å². The van der Waals surface area contributed by atoms with Gasteiger partial charge in [0, 0.05) is 32.2 Å². The number of rotatable bonds is 3. The maximum atomic E-state index is 12.7. The van der Waals surface area contributed by atoms with E-state index in [1.807, 2.05) is 16.8 Å². The molecule has 3 heterocycles. The van der Waals surface area contributed by atoms with Gasteiger partial charge in [-0.25, -0.2) is 18.4 Å². The highest BCUT2D eigenvalue weighted by molar-refractivity contribution is 7.91. The van der Waals surface area contributed by atoms with Crippen LogP contribution in [0.2, 0.25) is 0 Å². The van der Waals surface area contributed by atoms with E-state index in [9.17, 15) is 13.2 Å². The summed E-state index contributed by atoms with van der Waals surface area (Å²) < 4.78 is 23.3. The third kappa shape index (κ3) is 3.85. The summed E-state index contributed by atoms with van der Waals surface area (Å²) >= 11 is 0. The lowest BCUT2D eigenvalue weighted by Gasteiger charge is -2.25. The predicted octanol–water partition coefficient (Wildman–Crippen LogP) is 1.12. The quantitative estimate of drug-likeness (QED) is 0.810. The largest absolute Gasteiger partial charge is 0.356 e. The SMILES string of the molecule is CN(c1cc(C(=O)N2CCCCCC2)ncn1)C1CCS(=O)(=O)C1. The molecule has 0 aliphatic carbocycles. The standard InChI is InChI=1S/C16H24N4O3S/c1-19(13-6-9-24(22,23)11-13)15-10-14(17-12-18-15)16(21)20-7-4-2-3-5-8-20/h10,12-13H,2-9,11H2,1H3. The molecule has 1 atom stereocenters. The van der Waals surface area contributed by atoms with Crippen molar-refractivity contribution < 1.29 is 13.2 Å². The Bertz CT molecular complexity index is 699. The summed E-state index contributed by atoms with van der Waals surface area (Å²) in [4.78, 5) is 24.7. The van der Waals surface area contributed by atoms with E-state index < -0.39 is 9.84 Å². The predicted molar refractivity (Wildman–Crippen MR) is 91.9 cm³/mol. The maximum absolute atomic E-state index is 12.7. The minimum Gasteiger partial charge on any atom is -0.356 e. The highest BCUT2D eigenvalue weighted by atomic mass is 32.2. The van der Waals surface area contributed by atoms with E-state index in [2.05, 4.69) is 9.97 Å². The van der Waals surface area contributed by atoms with E-state index in [0.717, 1.165) is 38.8 Å². The number of hydrogen-bond acceptors (Lipinski definition) is 6. The number of hydrogen-bond donors (Lipinski definition) is 0. The van der Waals surface area contributed by atoms with Gasteiger partial charge in [-0.05, 0) is 19.3 Å². The number of sulfone groups is 1. The molecule has 1 amide bonds. The second kappa shape index (κ2) is 7.04. The van der Waals surface area contributed by atoms with Gasteiger partial charge < -0.3 is 9.80 Å². The molecule has 7 nitrogen and oxygen atoms in total. The van der Waals surface area contributed by atoms with Crippen molar-refractivity contribution in [1.29, 1.82) is 0 Å². The molecule has 0 spiro atoms. The Kier molecular flexibility index (Phi) is 5.03. The topological polar surface area (TPSA) is 83.5 Å². The lowest BCUT2D eigenvalue weighted by atomic mass is 10.2. The van der Waals surface area contributed by atoms with E-state index in [1.165, 1.54) is 6.33 Å². The zero-order valence-electron chi connectivity index (χ0n) is 14.0. The summed E-state index contributed by atoms with van der Waals surface area (Å²) in [5.41, 5.74) is 0.384.